The summed E-state index contributed by atoms with van der Waals surface area (Å²) in [6, 6.07) is 30.7. The molecule has 0 saturated carbocycles. The van der Waals surface area contributed by atoms with Crippen molar-refractivity contribution in [2.45, 2.75) is 0 Å². The molecule has 39 heavy (non-hydrogen) atoms. The van der Waals surface area contributed by atoms with Gasteiger partial charge in [-0.2, -0.15) is 5.26 Å². The molecule has 2 aliphatic heterocycles. The van der Waals surface area contributed by atoms with Crippen molar-refractivity contribution < 1.29 is 21.7 Å². The van der Waals surface area contributed by atoms with Crippen LogP contribution in [-0.4, -0.2) is 41.1 Å². The number of rotatable bonds is 5. The van der Waals surface area contributed by atoms with Crippen LogP contribution in [0.2, 0.25) is 0 Å². The Labute approximate surface area is 250 Å². The van der Waals surface area contributed by atoms with Crippen molar-refractivity contribution in [3.05, 3.63) is 111 Å². The molecule has 1 fully saturated rings. The predicted octanol–water partition coefficient (Wildman–Crippen LogP) is 3.31. The highest BCUT2D eigenvalue weighted by Gasteiger charge is 2.31. The lowest BCUT2D eigenvalue weighted by Crippen LogP contribution is -3.00. The third-order valence-corrected chi connectivity index (χ3v) is 7.86. The van der Waals surface area contributed by atoms with Crippen LogP contribution in [0.15, 0.2) is 99.8 Å². The summed E-state index contributed by atoms with van der Waals surface area (Å²) in [6.45, 7) is 2.68. The molecule has 0 bridgehead atoms. The number of hydrogen-bond donors (Lipinski definition) is 0. The lowest BCUT2D eigenvalue weighted by atomic mass is 10.1. The Morgan fingerprint density at radius 3 is 2.15 bits per heavy atom. The molecule has 10 heteroatoms. The lowest BCUT2D eigenvalue weighted by Gasteiger charge is -2.28. The monoisotopic (exact) mass is 661 g/mol. The highest BCUT2D eigenvalue weighted by atomic mass is 79.9. The summed E-state index contributed by atoms with van der Waals surface area (Å²) in [4.78, 5) is 4.29. The fourth-order valence-electron chi connectivity index (χ4n) is 4.56. The number of anilines is 2. The van der Waals surface area contributed by atoms with Crippen molar-refractivity contribution in [1.82, 2.24) is 14.8 Å². The number of nitrogens with zero attached hydrogens (tertiary/aromatic N) is 6. The molecule has 1 aromatic heterocycles. The number of allylic oxidation sites excluding steroid dienone is 1. The molecule has 0 aliphatic carbocycles. The number of ether oxygens (including phenoxy) is 1. The van der Waals surface area contributed by atoms with Gasteiger partial charge < -0.3 is 31.5 Å². The number of hydrogen-bond acceptors (Lipinski definition) is 7. The van der Waals surface area contributed by atoms with E-state index in [4.69, 9.17) is 4.74 Å². The Balaban J connectivity index is 0.00000308. The molecular weight excluding hydrogens is 640 g/mol. The van der Waals surface area contributed by atoms with Crippen LogP contribution < -0.4 is 26.8 Å². The van der Waals surface area contributed by atoms with Crippen LogP contribution in [-0.2, 0) is 4.74 Å². The predicted molar refractivity (Wildman–Crippen MR) is 156 cm³/mol. The van der Waals surface area contributed by atoms with Gasteiger partial charge in [0.25, 0.3) is 0 Å². The average molecular weight is 663 g/mol. The number of halogens is 2. The second kappa shape index (κ2) is 12.2. The second-order valence-electron chi connectivity index (χ2n) is 8.68. The molecule has 3 heterocycles. The summed E-state index contributed by atoms with van der Waals surface area (Å²) >= 11 is 5.06. The number of para-hydroxylation sites is 2. The maximum absolute atomic E-state index is 10.6. The van der Waals surface area contributed by atoms with E-state index < -0.39 is 0 Å². The molecule has 0 spiro atoms. The minimum absolute atomic E-state index is 0. The molecule has 196 valence electrons. The van der Waals surface area contributed by atoms with Crippen LogP contribution in [0.25, 0.3) is 17.0 Å². The molecule has 0 radical (unpaired) electrons. The first kappa shape index (κ1) is 27.2. The molecule has 0 unspecified atom stereocenters. The van der Waals surface area contributed by atoms with E-state index in [1.165, 1.54) is 11.8 Å². The summed E-state index contributed by atoms with van der Waals surface area (Å²) in [5, 5.41) is 22.7. The van der Waals surface area contributed by atoms with Gasteiger partial charge in [-0.15, -0.1) is 10.2 Å². The van der Waals surface area contributed by atoms with E-state index in [-0.39, 0.29) is 17.0 Å². The van der Waals surface area contributed by atoms with E-state index in [0.29, 0.717) is 43.6 Å². The average Bonchev–Trinajstić information content (AvgIpc) is 3.61. The van der Waals surface area contributed by atoms with Gasteiger partial charge in [0.2, 0.25) is 5.95 Å². The highest BCUT2D eigenvalue weighted by Crippen LogP contribution is 2.46. The highest BCUT2D eigenvalue weighted by molar-refractivity contribution is 9.10. The second-order valence-corrected chi connectivity index (χ2v) is 10.5. The van der Waals surface area contributed by atoms with Gasteiger partial charge in [0.15, 0.2) is 5.82 Å². The minimum Gasteiger partial charge on any atom is -1.00 e. The van der Waals surface area contributed by atoms with E-state index in [1.54, 1.807) is 0 Å². The fourth-order valence-corrected chi connectivity index (χ4v) is 5.86. The number of thioether (sulfide) groups is 1. The van der Waals surface area contributed by atoms with E-state index in [9.17, 15) is 5.26 Å². The molecule has 7 nitrogen and oxygen atoms in total. The molecule has 3 aromatic carbocycles. The van der Waals surface area contributed by atoms with Gasteiger partial charge >= 0.3 is 0 Å². The number of benzene rings is 3. The van der Waals surface area contributed by atoms with Crippen molar-refractivity contribution >= 4 is 50.6 Å². The van der Waals surface area contributed by atoms with E-state index in [2.05, 4.69) is 71.7 Å². The van der Waals surface area contributed by atoms with Gasteiger partial charge in [-0.05, 0) is 42.0 Å². The van der Waals surface area contributed by atoms with Gasteiger partial charge in [-0.1, -0.05) is 76.2 Å². The number of aromatic nitrogens is 3. The van der Waals surface area contributed by atoms with E-state index in [1.807, 2.05) is 65.2 Å². The summed E-state index contributed by atoms with van der Waals surface area (Å²) in [7, 11) is 0. The van der Waals surface area contributed by atoms with Gasteiger partial charge in [-0.25, -0.2) is 0 Å². The van der Waals surface area contributed by atoms with E-state index >= 15 is 0 Å². The largest absolute Gasteiger partial charge is 1.00 e. The maximum Gasteiger partial charge on any atom is 0.232 e. The molecule has 0 amide bonds. The Kier molecular flexibility index (Phi) is 8.53. The zero-order chi connectivity index (χ0) is 25.9. The molecule has 6 rings (SSSR count). The summed E-state index contributed by atoms with van der Waals surface area (Å²) < 4.78 is 8.56. The molecule has 1 saturated heterocycles. The van der Waals surface area contributed by atoms with Crippen molar-refractivity contribution in [2.75, 3.05) is 36.1 Å². The standard InChI is InChI=1S/C29H23BrN6OS.BrH/c30-22-13-11-21(12-14-22)26-20-38-28(35(26)23-7-3-1-4-8-23)25(19-31)27-32-33-29(34-15-17-37-18-16-34)36(27)24-9-5-2-6-10-24;/h1-14,20H,15-18H2;1H/p-1/b28-25-;. The molecule has 0 N–H and O–H groups in total. The van der Waals surface area contributed by atoms with Gasteiger partial charge in [-0.3, -0.25) is 4.57 Å². The first-order valence-electron chi connectivity index (χ1n) is 12.2. The Hall–Kier alpha value is -3.36. The number of morpholine rings is 1. The van der Waals surface area contributed by atoms with Gasteiger partial charge in [0.1, 0.15) is 16.7 Å². The topological polar surface area (TPSA) is 70.2 Å². The molecule has 0 atom stereocenters. The number of nitriles is 1. The zero-order valence-electron chi connectivity index (χ0n) is 20.7. The van der Waals surface area contributed by atoms with Crippen molar-refractivity contribution in [1.29, 1.82) is 5.26 Å². The summed E-state index contributed by atoms with van der Waals surface area (Å²) in [6.07, 6.45) is 0. The van der Waals surface area contributed by atoms with Crippen LogP contribution in [0.4, 0.5) is 11.6 Å². The summed E-state index contributed by atoms with van der Waals surface area (Å²) in [5.41, 5.74) is 4.37. The minimum atomic E-state index is 0. The zero-order valence-corrected chi connectivity index (χ0v) is 24.7. The molecule has 2 aliphatic rings. The van der Waals surface area contributed by atoms with Crippen LogP contribution in [0.1, 0.15) is 11.4 Å². The smallest absolute Gasteiger partial charge is 0.232 e. The van der Waals surface area contributed by atoms with Crippen molar-refractivity contribution in [3.8, 4) is 11.8 Å². The molecule has 4 aromatic rings. The van der Waals surface area contributed by atoms with Crippen LogP contribution in [0.5, 0.6) is 0 Å². The van der Waals surface area contributed by atoms with Crippen molar-refractivity contribution in [2.24, 2.45) is 0 Å². The fraction of sp³-hybridized carbons (Fsp3) is 0.138. The summed E-state index contributed by atoms with van der Waals surface area (Å²) in [5.74, 6) is 1.22. The first-order chi connectivity index (χ1) is 18.7. The van der Waals surface area contributed by atoms with Crippen LogP contribution >= 0.6 is 27.7 Å². The normalized spacial score (nSPS) is 16.4. The maximum atomic E-state index is 10.6. The van der Waals surface area contributed by atoms with Crippen LogP contribution in [0, 0.1) is 11.3 Å². The SMILES string of the molecule is N#C/C(=C1/SC=C(c2ccc(Br)cc2)N1c1ccccc1)c1nnc(N2CCOCC2)n1-c1ccccc1.[Br-]. The molecular formula is C29H23Br2N6OS-. The third-order valence-electron chi connectivity index (χ3n) is 6.38. The van der Waals surface area contributed by atoms with Gasteiger partial charge in [0.05, 0.1) is 24.6 Å². The lowest BCUT2D eigenvalue weighted by molar-refractivity contribution is -0.00000824. The Morgan fingerprint density at radius 1 is 0.872 bits per heavy atom. The van der Waals surface area contributed by atoms with Crippen LogP contribution in [0.3, 0.4) is 0 Å². The van der Waals surface area contributed by atoms with Crippen molar-refractivity contribution in [3.63, 3.8) is 0 Å². The van der Waals surface area contributed by atoms with E-state index in [0.717, 1.165) is 32.1 Å². The Morgan fingerprint density at radius 2 is 1.51 bits per heavy atom. The first-order valence-corrected chi connectivity index (χ1v) is 13.9. The third kappa shape index (κ3) is 5.40. The van der Waals surface area contributed by atoms with Gasteiger partial charge in [0, 0.05) is 28.7 Å². The Bertz CT molecular complexity index is 1540. The quantitative estimate of drug-likeness (QED) is 0.304.